The molecule has 0 bridgehead atoms. The maximum absolute atomic E-state index is 6.17. The Morgan fingerprint density at radius 1 is 0.833 bits per heavy atom. The van der Waals surface area contributed by atoms with Gasteiger partial charge in [0.05, 0.1) is 15.1 Å². The number of rotatable bonds is 2. The molecule has 0 aliphatic rings. The zero-order valence-electron chi connectivity index (χ0n) is 9.18. The summed E-state index contributed by atoms with van der Waals surface area (Å²) >= 11 is 24.2. The van der Waals surface area contributed by atoms with Crippen molar-refractivity contribution in [2.24, 2.45) is 5.73 Å². The summed E-state index contributed by atoms with van der Waals surface area (Å²) in [6, 6.07) is 9.10. The molecule has 0 aliphatic carbocycles. The predicted octanol–water partition coefficient (Wildman–Crippen LogP) is 5.43. The fourth-order valence-corrected chi connectivity index (χ4v) is 2.53. The molecule has 5 heteroatoms. The topological polar surface area (TPSA) is 26.0 Å². The lowest BCUT2D eigenvalue weighted by molar-refractivity contribution is 1.07. The maximum Gasteiger partial charge on any atom is 0.0784 e. The highest BCUT2D eigenvalue weighted by molar-refractivity contribution is 6.49. The fraction of sp³-hybridized carbons (Fsp3) is 0.0769. The lowest BCUT2D eigenvalue weighted by Crippen LogP contribution is -1.97. The zero-order chi connectivity index (χ0) is 13.3. The van der Waals surface area contributed by atoms with Crippen LogP contribution in [0, 0.1) is 0 Å². The van der Waals surface area contributed by atoms with Crippen molar-refractivity contribution in [2.45, 2.75) is 6.54 Å². The molecule has 2 rings (SSSR count). The van der Waals surface area contributed by atoms with E-state index >= 15 is 0 Å². The van der Waals surface area contributed by atoms with Gasteiger partial charge >= 0.3 is 0 Å². The van der Waals surface area contributed by atoms with Crippen molar-refractivity contribution < 1.29 is 0 Å². The average molecular weight is 321 g/mol. The van der Waals surface area contributed by atoms with E-state index in [2.05, 4.69) is 0 Å². The molecule has 0 spiro atoms. The highest BCUT2D eigenvalue weighted by atomic mass is 35.5. The van der Waals surface area contributed by atoms with E-state index in [1.165, 1.54) is 0 Å². The first-order chi connectivity index (χ1) is 8.54. The SMILES string of the molecule is NCc1ccc(-c2ccc(Cl)c(Cl)c2Cl)cc1Cl. The van der Waals surface area contributed by atoms with Gasteiger partial charge in [-0.05, 0) is 23.3 Å². The van der Waals surface area contributed by atoms with E-state index in [9.17, 15) is 0 Å². The molecule has 0 amide bonds. The van der Waals surface area contributed by atoms with E-state index in [1.807, 2.05) is 24.3 Å². The molecule has 0 aliphatic heterocycles. The third-order valence-corrected chi connectivity index (χ3v) is 4.26. The Morgan fingerprint density at radius 3 is 2.17 bits per heavy atom. The van der Waals surface area contributed by atoms with Gasteiger partial charge in [0.15, 0.2) is 0 Å². The molecule has 0 atom stereocenters. The van der Waals surface area contributed by atoms with Crippen LogP contribution in [0.3, 0.4) is 0 Å². The predicted molar refractivity (Wildman–Crippen MR) is 79.8 cm³/mol. The molecule has 2 aromatic rings. The minimum absolute atomic E-state index is 0.342. The number of halogens is 4. The van der Waals surface area contributed by atoms with E-state index < -0.39 is 0 Å². The van der Waals surface area contributed by atoms with Crippen LogP contribution in [0.25, 0.3) is 11.1 Å². The Morgan fingerprint density at radius 2 is 1.56 bits per heavy atom. The monoisotopic (exact) mass is 319 g/mol. The van der Waals surface area contributed by atoms with Gasteiger partial charge in [-0.2, -0.15) is 0 Å². The third kappa shape index (κ3) is 2.61. The summed E-state index contributed by atoms with van der Waals surface area (Å²) in [6.45, 7) is 0.397. The van der Waals surface area contributed by atoms with Crippen LogP contribution in [0.1, 0.15) is 5.56 Å². The molecule has 0 unspecified atom stereocenters. The largest absolute Gasteiger partial charge is 0.326 e. The lowest BCUT2D eigenvalue weighted by atomic mass is 10.0. The molecule has 0 aromatic heterocycles. The molecule has 2 N–H and O–H groups in total. The first kappa shape index (κ1) is 14.0. The average Bonchev–Trinajstić information content (AvgIpc) is 2.36. The molecule has 0 radical (unpaired) electrons. The van der Waals surface area contributed by atoms with E-state index in [0.29, 0.717) is 26.6 Å². The van der Waals surface area contributed by atoms with Crippen molar-refractivity contribution in [3.8, 4) is 11.1 Å². The van der Waals surface area contributed by atoms with Crippen LogP contribution in [-0.4, -0.2) is 0 Å². The first-order valence-electron chi connectivity index (χ1n) is 5.17. The van der Waals surface area contributed by atoms with E-state index in [4.69, 9.17) is 52.1 Å². The Kier molecular flexibility index (Phi) is 4.41. The van der Waals surface area contributed by atoms with Crippen LogP contribution in [0.15, 0.2) is 30.3 Å². The Hall–Kier alpha value is -0.440. The van der Waals surface area contributed by atoms with Crippen LogP contribution >= 0.6 is 46.4 Å². The van der Waals surface area contributed by atoms with E-state index in [0.717, 1.165) is 16.7 Å². The molecule has 94 valence electrons. The quantitative estimate of drug-likeness (QED) is 0.734. The molecule has 1 nitrogen and oxygen atoms in total. The molecular weight excluding hydrogens is 312 g/mol. The number of hydrogen-bond acceptors (Lipinski definition) is 1. The second-order valence-corrected chi connectivity index (χ2v) is 5.30. The molecular formula is C13H9Cl4N. The van der Waals surface area contributed by atoms with Crippen LogP contribution in [0.2, 0.25) is 20.1 Å². The van der Waals surface area contributed by atoms with Gasteiger partial charge in [-0.1, -0.05) is 64.6 Å². The summed E-state index contributed by atoms with van der Waals surface area (Å²) < 4.78 is 0. The van der Waals surface area contributed by atoms with E-state index in [1.54, 1.807) is 6.07 Å². The smallest absolute Gasteiger partial charge is 0.0784 e. The summed E-state index contributed by atoms with van der Waals surface area (Å²) in [5.74, 6) is 0. The van der Waals surface area contributed by atoms with Crippen molar-refractivity contribution in [3.05, 3.63) is 56.0 Å². The number of nitrogens with two attached hydrogens (primary N) is 1. The molecule has 0 fully saturated rings. The van der Waals surface area contributed by atoms with E-state index in [-0.39, 0.29) is 0 Å². The minimum atomic E-state index is 0.342. The van der Waals surface area contributed by atoms with Gasteiger partial charge in [0.25, 0.3) is 0 Å². The zero-order valence-corrected chi connectivity index (χ0v) is 12.2. The van der Waals surface area contributed by atoms with Crippen molar-refractivity contribution >= 4 is 46.4 Å². The summed E-state index contributed by atoms with van der Waals surface area (Å²) in [6.07, 6.45) is 0. The maximum atomic E-state index is 6.17. The number of benzene rings is 2. The van der Waals surface area contributed by atoms with Crippen LogP contribution in [0.5, 0.6) is 0 Å². The van der Waals surface area contributed by atoms with Crippen molar-refractivity contribution in [3.63, 3.8) is 0 Å². The summed E-state index contributed by atoms with van der Waals surface area (Å²) in [7, 11) is 0. The van der Waals surface area contributed by atoms with Gasteiger partial charge in [0, 0.05) is 17.1 Å². The van der Waals surface area contributed by atoms with Crippen molar-refractivity contribution in [1.82, 2.24) is 0 Å². The minimum Gasteiger partial charge on any atom is -0.326 e. The van der Waals surface area contributed by atoms with Crippen LogP contribution in [0.4, 0.5) is 0 Å². The Balaban J connectivity index is 2.56. The second-order valence-electron chi connectivity index (χ2n) is 3.73. The van der Waals surface area contributed by atoms with Gasteiger partial charge in [-0.25, -0.2) is 0 Å². The summed E-state index contributed by atoms with van der Waals surface area (Å²) in [5.41, 5.74) is 8.11. The summed E-state index contributed by atoms with van der Waals surface area (Å²) in [4.78, 5) is 0. The van der Waals surface area contributed by atoms with Gasteiger partial charge < -0.3 is 5.73 Å². The van der Waals surface area contributed by atoms with Gasteiger partial charge in [0.2, 0.25) is 0 Å². The highest BCUT2D eigenvalue weighted by Gasteiger charge is 2.11. The lowest BCUT2D eigenvalue weighted by Gasteiger charge is -2.09. The van der Waals surface area contributed by atoms with Crippen LogP contribution in [-0.2, 0) is 6.54 Å². The molecule has 2 aromatic carbocycles. The molecule has 0 saturated carbocycles. The number of hydrogen-bond donors (Lipinski definition) is 1. The third-order valence-electron chi connectivity index (χ3n) is 2.62. The normalized spacial score (nSPS) is 10.7. The molecule has 0 saturated heterocycles. The second kappa shape index (κ2) is 5.68. The first-order valence-corrected chi connectivity index (χ1v) is 6.68. The van der Waals surface area contributed by atoms with Crippen molar-refractivity contribution in [1.29, 1.82) is 0 Å². The Labute approximate surface area is 125 Å². The van der Waals surface area contributed by atoms with Crippen molar-refractivity contribution in [2.75, 3.05) is 0 Å². The van der Waals surface area contributed by atoms with Gasteiger partial charge in [-0.15, -0.1) is 0 Å². The Bertz CT molecular complexity index is 596. The molecule has 18 heavy (non-hydrogen) atoms. The summed E-state index contributed by atoms with van der Waals surface area (Å²) in [5, 5.41) is 1.79. The van der Waals surface area contributed by atoms with Gasteiger partial charge in [0.1, 0.15) is 0 Å². The van der Waals surface area contributed by atoms with Gasteiger partial charge in [-0.3, -0.25) is 0 Å². The standard InChI is InChI=1S/C13H9Cl4N/c14-10-4-3-9(12(16)13(10)17)7-1-2-8(6-18)11(15)5-7/h1-5H,6,18H2. The van der Waals surface area contributed by atoms with Crippen LogP contribution < -0.4 is 5.73 Å². The molecule has 0 heterocycles. The fourth-order valence-electron chi connectivity index (χ4n) is 1.63. The highest BCUT2D eigenvalue weighted by Crippen LogP contribution is 2.38.